The Balaban J connectivity index is 1.60. The van der Waals surface area contributed by atoms with E-state index < -0.39 is 15.8 Å². The molecule has 7 heteroatoms. The summed E-state index contributed by atoms with van der Waals surface area (Å²) in [4.78, 5) is 13.9. The zero-order chi connectivity index (χ0) is 19.4. The van der Waals surface area contributed by atoms with Gasteiger partial charge in [-0.2, -0.15) is 4.31 Å². The average molecular weight is 390 g/mol. The molecule has 1 fully saturated rings. The summed E-state index contributed by atoms with van der Waals surface area (Å²) >= 11 is 0. The van der Waals surface area contributed by atoms with Crippen molar-refractivity contribution in [1.82, 2.24) is 9.21 Å². The van der Waals surface area contributed by atoms with Gasteiger partial charge in [0.05, 0.1) is 0 Å². The Morgan fingerprint density at radius 2 is 1.59 bits per heavy atom. The molecular weight excluding hydrogens is 367 g/mol. The first kappa shape index (κ1) is 19.5. The van der Waals surface area contributed by atoms with E-state index in [2.05, 4.69) is 0 Å². The van der Waals surface area contributed by atoms with Crippen LogP contribution >= 0.6 is 0 Å². The molecule has 1 aliphatic rings. The molecule has 27 heavy (non-hydrogen) atoms. The number of benzene rings is 2. The number of piperazine rings is 1. The summed E-state index contributed by atoms with van der Waals surface area (Å²) in [6.45, 7) is 2.97. The van der Waals surface area contributed by atoms with Gasteiger partial charge >= 0.3 is 0 Å². The lowest BCUT2D eigenvalue weighted by Crippen LogP contribution is -2.50. The number of sulfonamides is 1. The molecule has 0 aliphatic carbocycles. The molecule has 1 atom stereocenters. The lowest BCUT2D eigenvalue weighted by Gasteiger charge is -2.34. The summed E-state index contributed by atoms with van der Waals surface area (Å²) in [7, 11) is -3.89. The van der Waals surface area contributed by atoms with Crippen molar-refractivity contribution in [2.45, 2.75) is 24.2 Å². The quantitative estimate of drug-likeness (QED) is 0.789. The van der Waals surface area contributed by atoms with Crippen LogP contribution in [-0.2, 0) is 14.8 Å². The molecule has 1 amide bonds. The molecule has 1 aliphatic heterocycles. The van der Waals surface area contributed by atoms with E-state index >= 15 is 0 Å². The minimum Gasteiger partial charge on any atom is -0.340 e. The van der Waals surface area contributed by atoms with E-state index in [1.807, 2.05) is 37.3 Å². The number of halogens is 1. The summed E-state index contributed by atoms with van der Waals surface area (Å²) < 4.78 is 40.4. The maximum atomic E-state index is 13.9. The molecule has 0 saturated carbocycles. The number of hydrogen-bond acceptors (Lipinski definition) is 3. The van der Waals surface area contributed by atoms with Gasteiger partial charge in [0.2, 0.25) is 15.9 Å². The first-order valence-corrected chi connectivity index (χ1v) is 10.4. The van der Waals surface area contributed by atoms with Gasteiger partial charge in [0.15, 0.2) is 0 Å². The molecular formula is C20H23FN2O3S. The van der Waals surface area contributed by atoms with Crippen LogP contribution in [-0.4, -0.2) is 49.7 Å². The van der Waals surface area contributed by atoms with Gasteiger partial charge in [0.1, 0.15) is 10.7 Å². The lowest BCUT2D eigenvalue weighted by molar-refractivity contribution is -0.132. The number of carbonyl (C=O) groups is 1. The lowest BCUT2D eigenvalue weighted by atomic mass is 9.97. The van der Waals surface area contributed by atoms with Crippen molar-refractivity contribution in [3.8, 4) is 0 Å². The molecule has 0 aromatic heterocycles. The van der Waals surface area contributed by atoms with Crippen LogP contribution in [0.15, 0.2) is 59.5 Å². The number of hydrogen-bond donors (Lipinski definition) is 0. The normalized spacial score (nSPS) is 16.9. The third kappa shape index (κ3) is 4.36. The molecule has 2 aromatic rings. The van der Waals surface area contributed by atoms with Gasteiger partial charge in [-0.3, -0.25) is 4.79 Å². The van der Waals surface area contributed by atoms with Crippen molar-refractivity contribution in [3.63, 3.8) is 0 Å². The molecule has 0 N–H and O–H groups in total. The van der Waals surface area contributed by atoms with Crippen molar-refractivity contribution < 1.29 is 17.6 Å². The number of rotatable bonds is 5. The highest BCUT2D eigenvalue weighted by molar-refractivity contribution is 7.89. The summed E-state index contributed by atoms with van der Waals surface area (Å²) in [6.07, 6.45) is 0.379. The van der Waals surface area contributed by atoms with Crippen molar-refractivity contribution in [1.29, 1.82) is 0 Å². The van der Waals surface area contributed by atoms with Gasteiger partial charge in [-0.1, -0.05) is 49.4 Å². The van der Waals surface area contributed by atoms with Crippen LogP contribution < -0.4 is 0 Å². The zero-order valence-electron chi connectivity index (χ0n) is 15.2. The predicted octanol–water partition coefficient (Wildman–Crippen LogP) is 2.85. The van der Waals surface area contributed by atoms with Crippen LogP contribution in [0, 0.1) is 5.82 Å². The zero-order valence-corrected chi connectivity index (χ0v) is 16.0. The molecule has 1 saturated heterocycles. The number of amides is 1. The Labute approximate surface area is 159 Å². The van der Waals surface area contributed by atoms with E-state index in [0.717, 1.165) is 11.6 Å². The molecule has 2 aromatic carbocycles. The SMILES string of the molecule is C[C@H](CC(=O)N1CCN(S(=O)(=O)c2ccccc2F)CC1)c1ccccc1. The Morgan fingerprint density at radius 1 is 1.00 bits per heavy atom. The van der Waals surface area contributed by atoms with Gasteiger partial charge < -0.3 is 4.90 Å². The maximum Gasteiger partial charge on any atom is 0.246 e. The molecule has 144 valence electrons. The van der Waals surface area contributed by atoms with E-state index in [1.54, 1.807) is 4.90 Å². The Kier molecular flexibility index (Phi) is 5.92. The minimum absolute atomic E-state index is 0.00860. The topological polar surface area (TPSA) is 57.7 Å². The average Bonchev–Trinajstić information content (AvgIpc) is 2.69. The van der Waals surface area contributed by atoms with E-state index in [4.69, 9.17) is 0 Å². The summed E-state index contributed by atoms with van der Waals surface area (Å²) in [5.74, 6) is -0.652. The second-order valence-electron chi connectivity index (χ2n) is 6.73. The maximum absolute atomic E-state index is 13.9. The van der Waals surface area contributed by atoms with Gasteiger partial charge in [-0.25, -0.2) is 12.8 Å². The van der Waals surface area contributed by atoms with E-state index in [-0.39, 0.29) is 29.8 Å². The fourth-order valence-corrected chi connectivity index (χ4v) is 4.75. The Bertz CT molecular complexity index is 894. The van der Waals surface area contributed by atoms with E-state index in [1.165, 1.54) is 22.5 Å². The third-order valence-electron chi connectivity index (χ3n) is 4.90. The summed E-state index contributed by atoms with van der Waals surface area (Å²) in [6, 6.07) is 15.2. The van der Waals surface area contributed by atoms with Crippen molar-refractivity contribution in [2.75, 3.05) is 26.2 Å². The van der Waals surface area contributed by atoms with Crippen LogP contribution in [0.3, 0.4) is 0 Å². The Hall–Kier alpha value is -2.25. The molecule has 0 bridgehead atoms. The monoisotopic (exact) mass is 390 g/mol. The standard InChI is InChI=1S/C20H23FN2O3S/c1-16(17-7-3-2-4-8-17)15-20(24)22-11-13-23(14-12-22)27(25,26)19-10-6-5-9-18(19)21/h2-10,16H,11-15H2,1H3/t16-/m1/s1. The smallest absolute Gasteiger partial charge is 0.246 e. The molecule has 0 radical (unpaired) electrons. The summed E-state index contributed by atoms with van der Waals surface area (Å²) in [5, 5.41) is 0. The van der Waals surface area contributed by atoms with Gasteiger partial charge in [-0.05, 0) is 23.6 Å². The minimum atomic E-state index is -3.89. The van der Waals surface area contributed by atoms with Crippen molar-refractivity contribution in [3.05, 3.63) is 66.0 Å². The fourth-order valence-electron chi connectivity index (χ4n) is 3.26. The van der Waals surface area contributed by atoms with Crippen LogP contribution in [0.5, 0.6) is 0 Å². The second-order valence-corrected chi connectivity index (χ2v) is 8.64. The molecule has 1 heterocycles. The van der Waals surface area contributed by atoms with Gasteiger partial charge in [0, 0.05) is 32.6 Å². The van der Waals surface area contributed by atoms with Gasteiger partial charge in [-0.15, -0.1) is 0 Å². The molecule has 3 rings (SSSR count). The first-order chi connectivity index (χ1) is 12.9. The van der Waals surface area contributed by atoms with E-state index in [9.17, 15) is 17.6 Å². The Morgan fingerprint density at radius 3 is 2.22 bits per heavy atom. The van der Waals surface area contributed by atoms with Crippen molar-refractivity contribution in [2.24, 2.45) is 0 Å². The largest absolute Gasteiger partial charge is 0.340 e. The molecule has 5 nitrogen and oxygen atoms in total. The fraction of sp³-hybridized carbons (Fsp3) is 0.350. The third-order valence-corrected chi connectivity index (χ3v) is 6.83. The highest BCUT2D eigenvalue weighted by atomic mass is 32.2. The van der Waals surface area contributed by atoms with Crippen LogP contribution in [0.4, 0.5) is 4.39 Å². The summed E-state index contributed by atoms with van der Waals surface area (Å²) in [5.41, 5.74) is 1.10. The molecule has 0 spiro atoms. The number of nitrogens with zero attached hydrogens (tertiary/aromatic N) is 2. The second kappa shape index (κ2) is 8.19. The van der Waals surface area contributed by atoms with Crippen LogP contribution in [0.1, 0.15) is 24.8 Å². The van der Waals surface area contributed by atoms with E-state index in [0.29, 0.717) is 19.5 Å². The first-order valence-electron chi connectivity index (χ1n) is 8.97. The van der Waals surface area contributed by atoms with Crippen LogP contribution in [0.25, 0.3) is 0 Å². The predicted molar refractivity (Wildman–Crippen MR) is 101 cm³/mol. The highest BCUT2D eigenvalue weighted by Crippen LogP contribution is 2.23. The van der Waals surface area contributed by atoms with Crippen molar-refractivity contribution >= 4 is 15.9 Å². The highest BCUT2D eigenvalue weighted by Gasteiger charge is 2.32. The van der Waals surface area contributed by atoms with Crippen LogP contribution in [0.2, 0.25) is 0 Å². The molecule has 0 unspecified atom stereocenters. The van der Waals surface area contributed by atoms with Gasteiger partial charge in [0.25, 0.3) is 0 Å². The number of carbonyl (C=O) groups excluding carboxylic acids is 1.